The quantitative estimate of drug-likeness (QED) is 0.518. The van der Waals surface area contributed by atoms with Crippen molar-refractivity contribution in [2.24, 2.45) is 4.99 Å². The number of nitrogens with zero attached hydrogens (tertiary/aromatic N) is 3. The van der Waals surface area contributed by atoms with E-state index in [1.807, 2.05) is 31.4 Å². The largest absolute Gasteiger partial charge is 0.354 e. The summed E-state index contributed by atoms with van der Waals surface area (Å²) in [5.41, 5.74) is 1.20. The van der Waals surface area contributed by atoms with Crippen LogP contribution in [0.25, 0.3) is 0 Å². The third-order valence-corrected chi connectivity index (χ3v) is 6.78. The number of likely N-dealkylation sites (tertiary alicyclic amines) is 1. The SMILES string of the molecule is CCc1cnc(CNC(=NC)NC2CCN(Cc3ccc(Cl)c(Cl)c3)CC2)s1. The topological polar surface area (TPSA) is 52.6 Å². The summed E-state index contributed by atoms with van der Waals surface area (Å²) in [6.45, 7) is 5.85. The van der Waals surface area contributed by atoms with Crippen molar-refractivity contribution in [1.29, 1.82) is 0 Å². The van der Waals surface area contributed by atoms with E-state index >= 15 is 0 Å². The van der Waals surface area contributed by atoms with Gasteiger partial charge in [-0.2, -0.15) is 0 Å². The molecule has 1 aliphatic rings. The van der Waals surface area contributed by atoms with Gasteiger partial charge in [0.15, 0.2) is 5.96 Å². The monoisotopic (exact) mass is 439 g/mol. The number of piperidine rings is 1. The number of aryl methyl sites for hydroxylation is 1. The third kappa shape index (κ3) is 6.08. The maximum absolute atomic E-state index is 6.13. The number of benzene rings is 1. The molecule has 0 bridgehead atoms. The van der Waals surface area contributed by atoms with Crippen LogP contribution in [0.15, 0.2) is 29.4 Å². The average Bonchev–Trinajstić information content (AvgIpc) is 3.17. The zero-order chi connectivity index (χ0) is 19.9. The molecular weight excluding hydrogens is 413 g/mol. The number of aliphatic imine (C=N–C) groups is 1. The standard InChI is InChI=1S/C20H27Cl2N5S/c1-3-16-11-24-19(28-16)12-25-20(23-2)26-15-6-8-27(9-7-15)13-14-4-5-17(21)18(22)10-14/h4-5,10-11,15H,3,6-9,12-13H2,1-2H3,(H2,23,25,26). The van der Waals surface area contributed by atoms with Gasteiger partial charge in [-0.25, -0.2) is 4.98 Å². The summed E-state index contributed by atoms with van der Waals surface area (Å²) in [4.78, 5) is 12.6. The van der Waals surface area contributed by atoms with Crippen LogP contribution in [0, 0.1) is 0 Å². The zero-order valence-corrected chi connectivity index (χ0v) is 18.7. The van der Waals surface area contributed by atoms with Gasteiger partial charge >= 0.3 is 0 Å². The van der Waals surface area contributed by atoms with Crippen LogP contribution in [0.1, 0.15) is 35.2 Å². The highest BCUT2D eigenvalue weighted by Gasteiger charge is 2.20. The highest BCUT2D eigenvalue weighted by molar-refractivity contribution is 7.11. The molecule has 152 valence electrons. The second-order valence-electron chi connectivity index (χ2n) is 6.94. The lowest BCUT2D eigenvalue weighted by Gasteiger charge is -2.33. The molecule has 0 spiro atoms. The van der Waals surface area contributed by atoms with E-state index in [1.54, 1.807) is 11.3 Å². The number of hydrogen-bond donors (Lipinski definition) is 2. The fraction of sp³-hybridized carbons (Fsp3) is 0.500. The van der Waals surface area contributed by atoms with Crippen molar-refractivity contribution in [2.45, 2.75) is 45.3 Å². The summed E-state index contributed by atoms with van der Waals surface area (Å²) in [6, 6.07) is 6.31. The Labute approximate surface area is 181 Å². The molecule has 0 radical (unpaired) electrons. The number of aromatic nitrogens is 1. The van der Waals surface area contributed by atoms with E-state index in [1.165, 1.54) is 10.4 Å². The van der Waals surface area contributed by atoms with E-state index in [0.29, 0.717) is 22.6 Å². The van der Waals surface area contributed by atoms with E-state index in [9.17, 15) is 0 Å². The Hall–Kier alpha value is -1.34. The Bertz CT molecular complexity index is 800. The van der Waals surface area contributed by atoms with Crippen LogP contribution in [-0.2, 0) is 19.5 Å². The Balaban J connectivity index is 1.42. The molecule has 5 nitrogen and oxygen atoms in total. The van der Waals surface area contributed by atoms with Crippen molar-refractivity contribution in [2.75, 3.05) is 20.1 Å². The molecule has 28 heavy (non-hydrogen) atoms. The van der Waals surface area contributed by atoms with Crippen molar-refractivity contribution < 1.29 is 0 Å². The van der Waals surface area contributed by atoms with Crippen molar-refractivity contribution >= 4 is 40.5 Å². The number of halogens is 2. The smallest absolute Gasteiger partial charge is 0.191 e. The fourth-order valence-corrected chi connectivity index (χ4v) is 4.39. The zero-order valence-electron chi connectivity index (χ0n) is 16.3. The molecule has 0 aliphatic carbocycles. The number of hydrogen-bond acceptors (Lipinski definition) is 4. The molecule has 0 unspecified atom stereocenters. The van der Waals surface area contributed by atoms with Gasteiger partial charge in [0.05, 0.1) is 16.6 Å². The average molecular weight is 440 g/mol. The van der Waals surface area contributed by atoms with Gasteiger partial charge in [-0.3, -0.25) is 9.89 Å². The number of thiazole rings is 1. The molecule has 2 N–H and O–H groups in total. The fourth-order valence-electron chi connectivity index (χ4n) is 3.27. The first kappa shape index (κ1) is 21.4. The maximum Gasteiger partial charge on any atom is 0.191 e. The summed E-state index contributed by atoms with van der Waals surface area (Å²) in [5, 5.41) is 9.25. The van der Waals surface area contributed by atoms with Gasteiger partial charge in [0.2, 0.25) is 0 Å². The van der Waals surface area contributed by atoms with E-state index in [0.717, 1.165) is 49.9 Å². The van der Waals surface area contributed by atoms with Crippen LogP contribution in [0.5, 0.6) is 0 Å². The van der Waals surface area contributed by atoms with Gasteiger partial charge in [0.25, 0.3) is 0 Å². The summed E-state index contributed by atoms with van der Waals surface area (Å²) in [6.07, 6.45) is 5.16. The van der Waals surface area contributed by atoms with Gasteiger partial charge in [0, 0.05) is 43.8 Å². The molecule has 1 aromatic heterocycles. The summed E-state index contributed by atoms with van der Waals surface area (Å²) in [7, 11) is 1.81. The molecule has 0 amide bonds. The van der Waals surface area contributed by atoms with Crippen molar-refractivity contribution in [3.63, 3.8) is 0 Å². The lowest BCUT2D eigenvalue weighted by atomic mass is 10.0. The maximum atomic E-state index is 6.13. The summed E-state index contributed by atoms with van der Waals surface area (Å²) < 4.78 is 0. The van der Waals surface area contributed by atoms with E-state index in [-0.39, 0.29) is 0 Å². The highest BCUT2D eigenvalue weighted by Crippen LogP contribution is 2.24. The Kier molecular flexibility index (Phi) is 7.97. The molecule has 0 saturated carbocycles. The van der Waals surface area contributed by atoms with E-state index in [2.05, 4.69) is 32.4 Å². The summed E-state index contributed by atoms with van der Waals surface area (Å²) in [5.74, 6) is 0.844. The van der Waals surface area contributed by atoms with Gasteiger partial charge in [-0.15, -0.1) is 11.3 Å². The predicted molar refractivity (Wildman–Crippen MR) is 120 cm³/mol. The minimum absolute atomic E-state index is 0.429. The predicted octanol–water partition coefficient (Wildman–Crippen LogP) is 4.34. The first-order valence-electron chi connectivity index (χ1n) is 9.64. The molecule has 1 aliphatic heterocycles. The molecular formula is C20H27Cl2N5S. The van der Waals surface area contributed by atoms with Crippen molar-refractivity contribution in [3.05, 3.63) is 49.9 Å². The number of nitrogens with one attached hydrogen (secondary N) is 2. The van der Waals surface area contributed by atoms with Crippen LogP contribution in [0.3, 0.4) is 0 Å². The van der Waals surface area contributed by atoms with Crippen molar-refractivity contribution in [3.8, 4) is 0 Å². The van der Waals surface area contributed by atoms with Crippen LogP contribution in [0.4, 0.5) is 0 Å². The molecule has 2 aromatic rings. The lowest BCUT2D eigenvalue weighted by Crippen LogP contribution is -2.48. The van der Waals surface area contributed by atoms with Crippen LogP contribution in [-0.4, -0.2) is 42.0 Å². The molecule has 0 atom stereocenters. The molecule has 1 saturated heterocycles. The molecule has 1 aromatic carbocycles. The second kappa shape index (κ2) is 10.4. The second-order valence-corrected chi connectivity index (χ2v) is 8.96. The van der Waals surface area contributed by atoms with Crippen LogP contribution >= 0.6 is 34.5 Å². The van der Waals surface area contributed by atoms with Crippen LogP contribution < -0.4 is 10.6 Å². The Morgan fingerprint density at radius 3 is 2.71 bits per heavy atom. The van der Waals surface area contributed by atoms with Gasteiger partial charge in [0.1, 0.15) is 5.01 Å². The lowest BCUT2D eigenvalue weighted by molar-refractivity contribution is 0.198. The normalized spacial score (nSPS) is 16.4. The van der Waals surface area contributed by atoms with Gasteiger partial charge in [-0.05, 0) is 37.0 Å². The molecule has 3 rings (SSSR count). The number of guanidine groups is 1. The van der Waals surface area contributed by atoms with Crippen molar-refractivity contribution in [1.82, 2.24) is 20.5 Å². The van der Waals surface area contributed by atoms with Gasteiger partial charge < -0.3 is 10.6 Å². The molecule has 2 heterocycles. The first-order valence-corrected chi connectivity index (χ1v) is 11.2. The van der Waals surface area contributed by atoms with E-state index in [4.69, 9.17) is 23.2 Å². The number of rotatable bonds is 6. The van der Waals surface area contributed by atoms with Gasteiger partial charge in [-0.1, -0.05) is 36.2 Å². The third-order valence-electron chi connectivity index (χ3n) is 4.90. The van der Waals surface area contributed by atoms with E-state index < -0.39 is 0 Å². The Morgan fingerprint density at radius 2 is 2.07 bits per heavy atom. The molecule has 1 fully saturated rings. The minimum Gasteiger partial charge on any atom is -0.354 e. The van der Waals surface area contributed by atoms with Crippen LogP contribution in [0.2, 0.25) is 10.0 Å². The first-order chi connectivity index (χ1) is 13.6. The highest BCUT2D eigenvalue weighted by atomic mass is 35.5. The molecule has 8 heteroatoms. The summed E-state index contributed by atoms with van der Waals surface area (Å²) >= 11 is 13.9. The minimum atomic E-state index is 0.429. The Morgan fingerprint density at radius 1 is 1.29 bits per heavy atom.